The van der Waals surface area contributed by atoms with Crippen LogP contribution in [0.5, 0.6) is 0 Å². The summed E-state index contributed by atoms with van der Waals surface area (Å²) in [5, 5.41) is 7.10. The topological polar surface area (TPSA) is 90.0 Å². The third-order valence-electron chi connectivity index (χ3n) is 4.57. The maximum atomic E-state index is 13.4. The first-order valence-electron chi connectivity index (χ1n) is 9.26. The highest BCUT2D eigenvalue weighted by atomic mass is 35.5. The van der Waals surface area contributed by atoms with Crippen molar-refractivity contribution >= 4 is 23.2 Å². The first-order chi connectivity index (χ1) is 14.9. The molecular weight excluding hydrogens is 423 g/mol. The monoisotopic (exact) mass is 438 g/mol. The number of carbonyl (C=O) groups is 1. The van der Waals surface area contributed by atoms with Crippen LogP contribution in [0.15, 0.2) is 70.1 Å². The number of aryl methyl sites for hydroxylation is 1. The van der Waals surface area contributed by atoms with Crippen LogP contribution in [0.2, 0.25) is 5.02 Å². The molecule has 2 aromatic carbocycles. The van der Waals surface area contributed by atoms with E-state index < -0.39 is 17.3 Å². The van der Waals surface area contributed by atoms with Crippen molar-refractivity contribution < 1.29 is 13.7 Å². The second kappa shape index (κ2) is 8.53. The number of aromatic nitrogens is 3. The molecule has 7 nitrogen and oxygen atoms in total. The summed E-state index contributed by atoms with van der Waals surface area (Å²) in [6, 6.07) is 14.1. The van der Waals surface area contributed by atoms with Crippen LogP contribution >= 0.6 is 11.6 Å². The van der Waals surface area contributed by atoms with Crippen LogP contribution in [0.4, 0.5) is 10.1 Å². The predicted octanol–water partition coefficient (Wildman–Crippen LogP) is 4.30. The summed E-state index contributed by atoms with van der Waals surface area (Å²) < 4.78 is 19.9. The number of pyridine rings is 1. The van der Waals surface area contributed by atoms with Gasteiger partial charge in [0.15, 0.2) is 0 Å². The number of nitrogens with zero attached hydrogens (tertiary/aromatic N) is 3. The van der Waals surface area contributed by atoms with E-state index in [-0.39, 0.29) is 18.0 Å². The van der Waals surface area contributed by atoms with Crippen molar-refractivity contribution in [2.45, 2.75) is 13.5 Å². The van der Waals surface area contributed by atoms with Crippen molar-refractivity contribution in [3.05, 3.63) is 87.6 Å². The number of benzene rings is 2. The van der Waals surface area contributed by atoms with Crippen molar-refractivity contribution in [2.75, 3.05) is 5.32 Å². The van der Waals surface area contributed by atoms with Crippen LogP contribution in [0.1, 0.15) is 5.56 Å². The second-order valence-electron chi connectivity index (χ2n) is 6.79. The van der Waals surface area contributed by atoms with Gasteiger partial charge >= 0.3 is 0 Å². The van der Waals surface area contributed by atoms with Gasteiger partial charge in [-0.3, -0.25) is 9.59 Å². The van der Waals surface area contributed by atoms with E-state index in [0.29, 0.717) is 27.7 Å². The largest absolute Gasteiger partial charge is 0.333 e. The molecule has 0 unspecified atom stereocenters. The summed E-state index contributed by atoms with van der Waals surface area (Å²) in [7, 11) is 0. The minimum absolute atomic E-state index is 0.0330. The Hall–Kier alpha value is -3.78. The highest BCUT2D eigenvalue weighted by Gasteiger charge is 2.16. The fourth-order valence-electron chi connectivity index (χ4n) is 2.95. The van der Waals surface area contributed by atoms with Crippen LogP contribution < -0.4 is 10.9 Å². The molecule has 2 aromatic heterocycles. The van der Waals surface area contributed by atoms with Gasteiger partial charge in [0.2, 0.25) is 11.7 Å². The number of hydrogen-bond acceptors (Lipinski definition) is 5. The third-order valence-corrected chi connectivity index (χ3v) is 4.82. The number of anilines is 1. The molecule has 0 spiro atoms. The lowest BCUT2D eigenvalue weighted by Gasteiger charge is -2.10. The number of halogens is 2. The fraction of sp³-hybridized carbons (Fsp3) is 0.0909. The smallest absolute Gasteiger partial charge is 0.263 e. The minimum Gasteiger partial charge on any atom is -0.333 e. The number of nitrogens with one attached hydrogen (secondary N) is 1. The van der Waals surface area contributed by atoms with Crippen molar-refractivity contribution in [3.8, 4) is 22.8 Å². The van der Waals surface area contributed by atoms with E-state index in [0.717, 1.165) is 0 Å². The lowest BCUT2D eigenvalue weighted by molar-refractivity contribution is -0.116. The van der Waals surface area contributed by atoms with Crippen molar-refractivity contribution in [2.24, 2.45) is 0 Å². The standard InChI is InChI=1S/C22H16ClFN4O3/c1-13-4-9-16(24)11-18(13)25-19(29)12-28-10-2-3-17(22(28)30)21-26-20(27-31-21)14-5-7-15(23)8-6-14/h2-11H,12H2,1H3,(H,25,29). The van der Waals surface area contributed by atoms with Gasteiger partial charge in [0.1, 0.15) is 17.9 Å². The molecule has 156 valence electrons. The van der Waals surface area contributed by atoms with Gasteiger partial charge in [-0.15, -0.1) is 0 Å². The Morgan fingerprint density at radius 3 is 2.74 bits per heavy atom. The van der Waals surface area contributed by atoms with Crippen molar-refractivity contribution in [1.29, 1.82) is 0 Å². The van der Waals surface area contributed by atoms with Crippen LogP contribution in [0.25, 0.3) is 22.8 Å². The first-order valence-corrected chi connectivity index (χ1v) is 9.64. The van der Waals surface area contributed by atoms with E-state index in [4.69, 9.17) is 16.1 Å². The maximum Gasteiger partial charge on any atom is 0.263 e. The van der Waals surface area contributed by atoms with Crippen LogP contribution in [0, 0.1) is 12.7 Å². The number of carbonyl (C=O) groups excluding carboxylic acids is 1. The molecule has 0 atom stereocenters. The molecule has 0 aliphatic rings. The summed E-state index contributed by atoms with van der Waals surface area (Å²) in [5.41, 5.74) is 1.42. The molecule has 31 heavy (non-hydrogen) atoms. The van der Waals surface area contributed by atoms with Gasteiger partial charge in [0, 0.05) is 22.5 Å². The zero-order chi connectivity index (χ0) is 22.0. The fourth-order valence-corrected chi connectivity index (χ4v) is 3.07. The Morgan fingerprint density at radius 1 is 1.19 bits per heavy atom. The van der Waals surface area contributed by atoms with Gasteiger partial charge in [0.05, 0.1) is 0 Å². The summed E-state index contributed by atoms with van der Waals surface area (Å²) in [6.07, 6.45) is 1.47. The van der Waals surface area contributed by atoms with Gasteiger partial charge in [0.25, 0.3) is 11.4 Å². The summed E-state index contributed by atoms with van der Waals surface area (Å²) >= 11 is 5.89. The second-order valence-corrected chi connectivity index (χ2v) is 7.23. The van der Waals surface area contributed by atoms with E-state index in [2.05, 4.69) is 15.5 Å². The normalized spacial score (nSPS) is 10.8. The molecule has 0 bridgehead atoms. The molecule has 0 saturated heterocycles. The Labute approximate surface area is 181 Å². The predicted molar refractivity (Wildman–Crippen MR) is 114 cm³/mol. The Morgan fingerprint density at radius 2 is 1.97 bits per heavy atom. The highest BCUT2D eigenvalue weighted by molar-refractivity contribution is 6.30. The van der Waals surface area contributed by atoms with Gasteiger partial charge < -0.3 is 14.4 Å². The molecule has 0 saturated carbocycles. The Balaban J connectivity index is 1.56. The molecule has 0 aliphatic heterocycles. The van der Waals surface area contributed by atoms with Gasteiger partial charge in [-0.2, -0.15) is 4.98 Å². The molecule has 1 amide bonds. The molecule has 2 heterocycles. The number of rotatable bonds is 5. The molecule has 9 heteroatoms. The zero-order valence-electron chi connectivity index (χ0n) is 16.3. The van der Waals surface area contributed by atoms with E-state index in [1.54, 1.807) is 43.3 Å². The lowest BCUT2D eigenvalue weighted by atomic mass is 10.2. The molecule has 0 aliphatic carbocycles. The van der Waals surface area contributed by atoms with Gasteiger partial charge in [-0.25, -0.2) is 4.39 Å². The lowest BCUT2D eigenvalue weighted by Crippen LogP contribution is -2.28. The van der Waals surface area contributed by atoms with Crippen molar-refractivity contribution in [1.82, 2.24) is 14.7 Å². The summed E-state index contributed by atoms with van der Waals surface area (Å²) in [4.78, 5) is 29.5. The summed E-state index contributed by atoms with van der Waals surface area (Å²) in [5.74, 6) is -0.597. The zero-order valence-corrected chi connectivity index (χ0v) is 17.1. The average molecular weight is 439 g/mol. The minimum atomic E-state index is -0.472. The maximum absolute atomic E-state index is 13.4. The molecule has 0 radical (unpaired) electrons. The van der Waals surface area contributed by atoms with E-state index >= 15 is 0 Å². The van der Waals surface area contributed by atoms with Gasteiger partial charge in [-0.05, 0) is 61.0 Å². The molecular formula is C22H16ClFN4O3. The molecule has 1 N–H and O–H groups in total. The molecule has 0 fully saturated rings. The third kappa shape index (κ3) is 4.54. The highest BCUT2D eigenvalue weighted by Crippen LogP contribution is 2.22. The first kappa shape index (κ1) is 20.5. The van der Waals surface area contributed by atoms with Crippen LogP contribution in [0.3, 0.4) is 0 Å². The Bertz CT molecular complexity index is 1320. The number of hydrogen-bond donors (Lipinski definition) is 1. The quantitative estimate of drug-likeness (QED) is 0.501. The van der Waals surface area contributed by atoms with E-state index in [1.807, 2.05) is 0 Å². The van der Waals surface area contributed by atoms with E-state index in [1.165, 1.54) is 29.0 Å². The molecule has 4 aromatic rings. The summed E-state index contributed by atoms with van der Waals surface area (Å²) in [6.45, 7) is 1.48. The van der Waals surface area contributed by atoms with Crippen LogP contribution in [-0.2, 0) is 11.3 Å². The van der Waals surface area contributed by atoms with Crippen LogP contribution in [-0.4, -0.2) is 20.6 Å². The van der Waals surface area contributed by atoms with Crippen molar-refractivity contribution in [3.63, 3.8) is 0 Å². The van der Waals surface area contributed by atoms with E-state index in [9.17, 15) is 14.0 Å². The average Bonchev–Trinajstić information content (AvgIpc) is 3.23. The SMILES string of the molecule is Cc1ccc(F)cc1NC(=O)Cn1cccc(-c2nc(-c3ccc(Cl)cc3)no2)c1=O. The Kier molecular flexibility index (Phi) is 5.64. The number of amides is 1. The van der Waals surface area contributed by atoms with Gasteiger partial charge in [-0.1, -0.05) is 22.8 Å². The molecule has 4 rings (SSSR count).